The molecule has 2 aromatic carbocycles. The van der Waals surface area contributed by atoms with Crippen molar-refractivity contribution < 1.29 is 87.5 Å². The minimum absolute atomic E-state index is 0.144. The van der Waals surface area contributed by atoms with Crippen molar-refractivity contribution >= 4 is 106 Å². The summed E-state index contributed by atoms with van der Waals surface area (Å²) in [6.45, 7) is 5.33. The van der Waals surface area contributed by atoms with Gasteiger partial charge in [-0.05, 0) is 35.4 Å². The molecule has 31 heteroatoms. The number of nitrogens with one attached hydrogen (secondary N) is 10. The highest BCUT2D eigenvalue weighted by Crippen LogP contribution is 2.20. The number of carbonyl (C=O) groups excluding carboxylic acids is 10. The summed E-state index contributed by atoms with van der Waals surface area (Å²) in [5.74, 6) is -18.5. The average Bonchev–Trinajstić information content (AvgIpc) is 4.08. The number of thiol groups is 1. The maximum absolute atomic E-state index is 14.1. The van der Waals surface area contributed by atoms with Gasteiger partial charge in [0.2, 0.25) is 59.1 Å². The van der Waals surface area contributed by atoms with Gasteiger partial charge in [-0.25, -0.2) is 4.79 Å². The number of para-hydroxylation sites is 1. The van der Waals surface area contributed by atoms with Crippen molar-refractivity contribution in [3.05, 3.63) is 71.9 Å². The van der Waals surface area contributed by atoms with E-state index < -0.39 is 188 Å². The molecule has 0 aliphatic carbocycles. The molecule has 0 aliphatic heterocycles. The Balaban J connectivity index is 1.85. The molecule has 0 bridgehead atoms. The van der Waals surface area contributed by atoms with Crippen molar-refractivity contribution in [2.24, 2.45) is 23.3 Å². The van der Waals surface area contributed by atoms with Crippen LogP contribution in [0.1, 0.15) is 77.3 Å². The van der Waals surface area contributed by atoms with E-state index >= 15 is 0 Å². The van der Waals surface area contributed by atoms with Crippen LogP contribution in [-0.4, -0.2) is 175 Å². The Hall–Kier alpha value is -9.13. The first-order valence-electron chi connectivity index (χ1n) is 26.4. The number of aromatic nitrogens is 1. The predicted octanol–water partition coefficient (Wildman–Crippen LogP) is -3.32. The molecule has 10 amide bonds. The Bertz CT molecular complexity index is 2890. The van der Waals surface area contributed by atoms with Crippen LogP contribution >= 0.6 is 12.6 Å². The number of carboxylic acid groups (broad SMARTS) is 4. The zero-order valence-corrected chi connectivity index (χ0v) is 47.2. The molecular formula is C53H72N12O18S. The van der Waals surface area contributed by atoms with E-state index in [9.17, 15) is 87.5 Å². The smallest absolute Gasteiger partial charge is 0.326 e. The quantitative estimate of drug-likeness (QED) is 0.0253. The summed E-state index contributed by atoms with van der Waals surface area (Å²) in [5.41, 5.74) is 12.6. The van der Waals surface area contributed by atoms with E-state index in [1.807, 2.05) is 0 Å². The fourth-order valence-electron chi connectivity index (χ4n) is 8.19. The van der Waals surface area contributed by atoms with Gasteiger partial charge in [-0.3, -0.25) is 62.3 Å². The molecule has 0 saturated carbocycles. The van der Waals surface area contributed by atoms with E-state index in [1.165, 1.54) is 20.0 Å². The van der Waals surface area contributed by atoms with Gasteiger partial charge in [0.25, 0.3) is 0 Å². The SMILES string of the molecule is CC[C@H](C)[C@H](NC(=O)CNC(=O)[C@H](Cc1ccccc1)NC(=O)[C@H](CC(=O)O)NC(=O)[C@@H](N)CS)C(=O)N[C@@H](CCC(N)=O)C(=O)N[C@H](C(=O)N[C@@H](CC(=O)O)C(=O)N[C@@H](Cc1c[nH]c2ccccc12)C(=O)N[C@@H](CC(=O)O)C(=O)O)C(C)C. The molecule has 0 fully saturated rings. The van der Waals surface area contributed by atoms with Crippen molar-refractivity contribution in [2.45, 2.75) is 133 Å². The van der Waals surface area contributed by atoms with Crippen LogP contribution in [0.25, 0.3) is 10.9 Å². The summed E-state index contributed by atoms with van der Waals surface area (Å²) >= 11 is 3.94. The third-order valence-corrected chi connectivity index (χ3v) is 13.4. The largest absolute Gasteiger partial charge is 0.481 e. The van der Waals surface area contributed by atoms with Crippen LogP contribution in [0, 0.1) is 11.8 Å². The van der Waals surface area contributed by atoms with E-state index in [4.69, 9.17) is 11.5 Å². The Morgan fingerprint density at radius 3 is 1.56 bits per heavy atom. The molecule has 3 aromatic rings. The number of amides is 10. The first-order valence-corrected chi connectivity index (χ1v) is 27.0. The number of carbonyl (C=O) groups is 14. The van der Waals surface area contributed by atoms with Crippen LogP contribution in [0.15, 0.2) is 60.8 Å². The Kier molecular flexibility index (Phi) is 27.7. The lowest BCUT2D eigenvalue weighted by atomic mass is 9.97. The number of rotatable bonds is 36. The number of hydrogen-bond donors (Lipinski definition) is 17. The minimum Gasteiger partial charge on any atom is -0.481 e. The third kappa shape index (κ3) is 22.7. The lowest BCUT2D eigenvalue weighted by Crippen LogP contribution is -2.61. The summed E-state index contributed by atoms with van der Waals surface area (Å²) in [6.07, 6.45) is -2.84. The normalized spacial score (nSPS) is 14.6. The molecular weight excluding hydrogens is 1120 g/mol. The molecule has 1 aromatic heterocycles. The van der Waals surface area contributed by atoms with E-state index in [0.717, 1.165) is 0 Å². The first-order chi connectivity index (χ1) is 39.5. The summed E-state index contributed by atoms with van der Waals surface area (Å²) in [5, 5.41) is 59.9. The number of aliphatic carboxylic acids is 4. The maximum atomic E-state index is 14.1. The topological polar surface area (TPSA) is 496 Å². The third-order valence-electron chi connectivity index (χ3n) is 13.0. The zero-order valence-electron chi connectivity index (χ0n) is 46.3. The number of hydrogen-bond acceptors (Lipinski definition) is 16. The van der Waals surface area contributed by atoms with Gasteiger partial charge in [0.05, 0.1) is 31.8 Å². The molecule has 18 N–H and O–H groups in total. The zero-order chi connectivity index (χ0) is 63.0. The molecule has 84 heavy (non-hydrogen) atoms. The highest BCUT2D eigenvalue weighted by atomic mass is 32.1. The van der Waals surface area contributed by atoms with E-state index in [0.29, 0.717) is 22.0 Å². The van der Waals surface area contributed by atoms with Gasteiger partial charge >= 0.3 is 23.9 Å². The Morgan fingerprint density at radius 1 is 0.548 bits per heavy atom. The molecule has 1 heterocycles. The molecule has 0 saturated heterocycles. The van der Waals surface area contributed by atoms with Crippen molar-refractivity contribution in [3.63, 3.8) is 0 Å². The summed E-state index contributed by atoms with van der Waals surface area (Å²) in [7, 11) is 0. The fourth-order valence-corrected chi connectivity index (χ4v) is 8.36. The molecule has 30 nitrogen and oxygen atoms in total. The molecule has 0 radical (unpaired) electrons. The van der Waals surface area contributed by atoms with E-state index in [1.54, 1.807) is 68.4 Å². The van der Waals surface area contributed by atoms with Crippen LogP contribution in [0.2, 0.25) is 0 Å². The van der Waals surface area contributed by atoms with Gasteiger partial charge < -0.3 is 84.7 Å². The Morgan fingerprint density at radius 2 is 1.02 bits per heavy atom. The van der Waals surface area contributed by atoms with Crippen LogP contribution in [0.3, 0.4) is 0 Å². The molecule has 0 unspecified atom stereocenters. The first kappa shape index (κ1) is 69.1. The fraction of sp³-hybridized carbons (Fsp3) is 0.472. The molecule has 10 atom stereocenters. The highest BCUT2D eigenvalue weighted by Gasteiger charge is 2.37. The van der Waals surface area contributed by atoms with Crippen LogP contribution in [0.4, 0.5) is 0 Å². The van der Waals surface area contributed by atoms with Crippen molar-refractivity contribution in [1.29, 1.82) is 0 Å². The maximum Gasteiger partial charge on any atom is 0.326 e. The average molecular weight is 1200 g/mol. The van der Waals surface area contributed by atoms with Gasteiger partial charge in [-0.2, -0.15) is 12.6 Å². The van der Waals surface area contributed by atoms with Gasteiger partial charge in [0, 0.05) is 42.1 Å². The van der Waals surface area contributed by atoms with Crippen LogP contribution in [-0.2, 0) is 80.0 Å². The monoisotopic (exact) mass is 1200 g/mol. The van der Waals surface area contributed by atoms with Crippen molar-refractivity contribution in [2.75, 3.05) is 12.3 Å². The van der Waals surface area contributed by atoms with Gasteiger partial charge in [-0.15, -0.1) is 0 Å². The number of nitrogens with two attached hydrogens (primary N) is 2. The minimum atomic E-state index is -1.98. The van der Waals surface area contributed by atoms with E-state index in [2.05, 4.69) is 65.5 Å². The van der Waals surface area contributed by atoms with Crippen molar-refractivity contribution in [1.82, 2.24) is 52.8 Å². The van der Waals surface area contributed by atoms with Crippen molar-refractivity contribution in [3.8, 4) is 0 Å². The lowest BCUT2D eigenvalue weighted by molar-refractivity contribution is -0.147. The Labute approximate surface area is 486 Å². The second kappa shape index (κ2) is 33.7. The second-order valence-corrected chi connectivity index (χ2v) is 20.3. The number of benzene rings is 2. The van der Waals surface area contributed by atoms with Gasteiger partial charge in [0.1, 0.15) is 48.3 Å². The molecule has 458 valence electrons. The van der Waals surface area contributed by atoms with Gasteiger partial charge in [-0.1, -0.05) is 82.6 Å². The molecule has 0 aliphatic rings. The van der Waals surface area contributed by atoms with E-state index in [-0.39, 0.29) is 25.0 Å². The standard InChI is InChI=1S/C53H72N12O18S/c1-5-26(4)44(64-39(67)23-57-46(75)33(17-27-11-7-6-8-12-27)60-49(78)35(19-40(68)69)59-45(74)30(54)24-84)52(81)58-32(15-16-38(55)66)47(76)65-43(25(2)3)51(80)62-36(20-41(70)71)50(79)61-34(48(77)63-37(53(82)83)21-42(72)73)18-28-22-56-31-14-10-9-13-29(28)31/h6-14,22,25-26,30,32-37,43-44,56,84H,5,15-21,23-24,54H2,1-4H3,(H2,55,66)(H,57,75)(H,58,81)(H,59,74)(H,60,78)(H,61,79)(H,62,80)(H,63,77)(H,64,67)(H,65,76)(H,68,69)(H,70,71)(H,72,73)(H,82,83)/t26-,30-,32-,33-,34-,35-,36-,37-,43-,44-/m0/s1. The van der Waals surface area contributed by atoms with Crippen LogP contribution in [0.5, 0.6) is 0 Å². The molecule has 3 rings (SSSR count). The summed E-state index contributed by atoms with van der Waals surface area (Å²) < 4.78 is 0. The number of primary amides is 1. The number of H-pyrrole nitrogens is 1. The summed E-state index contributed by atoms with van der Waals surface area (Å²) in [4.78, 5) is 185. The number of aromatic amines is 1. The number of carboxylic acids is 4. The molecule has 0 spiro atoms. The lowest BCUT2D eigenvalue weighted by Gasteiger charge is -2.29. The predicted molar refractivity (Wildman–Crippen MR) is 300 cm³/mol. The highest BCUT2D eigenvalue weighted by molar-refractivity contribution is 7.80. The second-order valence-electron chi connectivity index (χ2n) is 19.9. The summed E-state index contributed by atoms with van der Waals surface area (Å²) in [6, 6.07) is 0.241. The number of fused-ring (bicyclic) bond motifs is 1. The van der Waals surface area contributed by atoms with Gasteiger partial charge in [0.15, 0.2) is 0 Å². The van der Waals surface area contributed by atoms with Crippen LogP contribution < -0.4 is 59.3 Å².